The van der Waals surface area contributed by atoms with Gasteiger partial charge in [0.2, 0.25) is 0 Å². The minimum Gasteiger partial charge on any atom is -0.383 e. The van der Waals surface area contributed by atoms with Gasteiger partial charge in [-0.25, -0.2) is 4.98 Å². The third kappa shape index (κ3) is 3.48. The Labute approximate surface area is 185 Å². The lowest BCUT2D eigenvalue weighted by Crippen LogP contribution is -2.67. The van der Waals surface area contributed by atoms with Crippen LogP contribution in [0.15, 0.2) is 48.8 Å². The van der Waals surface area contributed by atoms with Gasteiger partial charge in [0, 0.05) is 41.8 Å². The Morgan fingerprint density at radius 1 is 1.30 bits per heavy atom. The van der Waals surface area contributed by atoms with Crippen LogP contribution in [0.5, 0.6) is 0 Å². The fraction of sp³-hybridized carbons (Fsp3) is 0.348. The lowest BCUT2D eigenvalue weighted by Gasteiger charge is -2.59. The summed E-state index contributed by atoms with van der Waals surface area (Å²) < 4.78 is 0. The van der Waals surface area contributed by atoms with Crippen molar-refractivity contribution < 1.29 is 4.79 Å². The number of anilines is 1. The highest BCUT2D eigenvalue weighted by Gasteiger charge is 2.54. The van der Waals surface area contributed by atoms with Gasteiger partial charge in [0.05, 0.1) is 15.4 Å². The van der Waals surface area contributed by atoms with E-state index < -0.39 is 0 Å². The van der Waals surface area contributed by atoms with Crippen LogP contribution in [-0.2, 0) is 0 Å². The maximum atomic E-state index is 13.7. The topological polar surface area (TPSA) is 58.1 Å². The number of thiazole rings is 1. The minimum absolute atomic E-state index is 0.0364. The molecule has 0 spiro atoms. The Bertz CT molecular complexity index is 1060. The normalized spacial score (nSPS) is 22.5. The van der Waals surface area contributed by atoms with E-state index in [9.17, 15) is 4.79 Å². The van der Waals surface area contributed by atoms with Gasteiger partial charge < -0.3 is 10.2 Å². The number of amides is 1. The molecular formula is C23H23ClN4OS. The largest absolute Gasteiger partial charge is 0.383 e. The van der Waals surface area contributed by atoms with E-state index in [0.29, 0.717) is 5.69 Å². The van der Waals surface area contributed by atoms with Crippen molar-refractivity contribution in [3.05, 3.63) is 64.5 Å². The zero-order valence-electron chi connectivity index (χ0n) is 16.8. The number of pyridine rings is 1. The molecule has 154 valence electrons. The summed E-state index contributed by atoms with van der Waals surface area (Å²) in [5, 5.41) is 5.15. The molecule has 0 radical (unpaired) electrons. The van der Waals surface area contributed by atoms with Crippen molar-refractivity contribution in [2.24, 2.45) is 5.92 Å². The van der Waals surface area contributed by atoms with Crippen molar-refractivity contribution in [1.82, 2.24) is 14.9 Å². The van der Waals surface area contributed by atoms with Gasteiger partial charge in [0.1, 0.15) is 5.69 Å². The van der Waals surface area contributed by atoms with E-state index in [1.807, 2.05) is 43.3 Å². The molecule has 0 unspecified atom stereocenters. The van der Waals surface area contributed by atoms with Crippen LogP contribution in [0, 0.1) is 12.8 Å². The molecule has 3 fully saturated rings. The molecule has 5 nitrogen and oxygen atoms in total. The molecule has 1 amide bonds. The highest BCUT2D eigenvalue weighted by Crippen LogP contribution is 2.49. The monoisotopic (exact) mass is 438 g/mol. The van der Waals surface area contributed by atoms with E-state index in [1.54, 1.807) is 23.7 Å². The predicted octanol–water partition coefficient (Wildman–Crippen LogP) is 5.27. The van der Waals surface area contributed by atoms with Crippen LogP contribution in [0.3, 0.4) is 0 Å². The third-order valence-corrected chi connectivity index (χ3v) is 7.51. The van der Waals surface area contributed by atoms with E-state index in [1.165, 1.54) is 0 Å². The summed E-state index contributed by atoms with van der Waals surface area (Å²) in [5.74, 6) is 0.755. The fourth-order valence-corrected chi connectivity index (χ4v) is 5.80. The second-order valence-corrected chi connectivity index (χ2v) is 9.90. The van der Waals surface area contributed by atoms with E-state index >= 15 is 0 Å². The second kappa shape index (κ2) is 7.67. The first-order valence-electron chi connectivity index (χ1n) is 10.2. The molecule has 2 saturated heterocycles. The van der Waals surface area contributed by atoms with Crippen molar-refractivity contribution in [2.45, 2.75) is 31.7 Å². The number of rotatable bonds is 5. The zero-order chi connectivity index (χ0) is 20.7. The van der Waals surface area contributed by atoms with Gasteiger partial charge in [0.25, 0.3) is 5.91 Å². The van der Waals surface area contributed by atoms with Gasteiger partial charge >= 0.3 is 0 Å². The number of nitrogens with one attached hydrogen (secondary N) is 1. The molecule has 30 heavy (non-hydrogen) atoms. The van der Waals surface area contributed by atoms with Gasteiger partial charge in [0.15, 0.2) is 0 Å². The molecule has 7 heteroatoms. The molecule has 0 atom stereocenters. The lowest BCUT2D eigenvalue weighted by molar-refractivity contribution is -0.0489. The molecule has 6 rings (SSSR count). The quantitative estimate of drug-likeness (QED) is 0.589. The number of halogens is 1. The molecule has 2 bridgehead atoms. The summed E-state index contributed by atoms with van der Waals surface area (Å²) in [6, 6.07) is 11.6. The Kier molecular flexibility index (Phi) is 4.99. The summed E-state index contributed by atoms with van der Waals surface area (Å²) in [4.78, 5) is 25.6. The number of fused-ring (bicyclic) bond motifs is 2. The number of hydrogen-bond donors (Lipinski definition) is 1. The predicted molar refractivity (Wildman–Crippen MR) is 121 cm³/mol. The van der Waals surface area contributed by atoms with Crippen molar-refractivity contribution in [1.29, 1.82) is 0 Å². The van der Waals surface area contributed by atoms with Gasteiger partial charge in [-0.3, -0.25) is 9.78 Å². The zero-order valence-corrected chi connectivity index (χ0v) is 18.3. The van der Waals surface area contributed by atoms with Crippen molar-refractivity contribution >= 4 is 34.5 Å². The Hall–Kier alpha value is -2.44. The van der Waals surface area contributed by atoms with Crippen LogP contribution >= 0.6 is 22.9 Å². The highest BCUT2D eigenvalue weighted by atomic mass is 35.5. The summed E-state index contributed by atoms with van der Waals surface area (Å²) in [6.45, 7) is 3.48. The number of aromatic nitrogens is 2. The van der Waals surface area contributed by atoms with Crippen molar-refractivity contribution in [3.63, 3.8) is 0 Å². The summed E-state index contributed by atoms with van der Waals surface area (Å²) in [6.07, 6.45) is 6.71. The van der Waals surface area contributed by atoms with Crippen molar-refractivity contribution in [2.75, 3.05) is 18.4 Å². The van der Waals surface area contributed by atoms with E-state index in [4.69, 9.17) is 11.6 Å². The fourth-order valence-electron chi connectivity index (χ4n) is 4.77. The lowest BCUT2D eigenvalue weighted by atomic mass is 9.62. The van der Waals surface area contributed by atoms with Gasteiger partial charge in [-0.1, -0.05) is 17.7 Å². The summed E-state index contributed by atoms with van der Waals surface area (Å²) >= 11 is 7.56. The molecule has 1 aliphatic carbocycles. The first-order chi connectivity index (χ1) is 14.5. The van der Waals surface area contributed by atoms with E-state index in [-0.39, 0.29) is 11.4 Å². The number of benzene rings is 1. The molecule has 2 aliphatic heterocycles. The van der Waals surface area contributed by atoms with Gasteiger partial charge in [-0.05, 0) is 62.4 Å². The third-order valence-electron chi connectivity index (χ3n) is 6.24. The Balaban J connectivity index is 1.41. The second-order valence-electron chi connectivity index (χ2n) is 8.26. The van der Waals surface area contributed by atoms with Gasteiger partial charge in [-0.2, -0.15) is 0 Å². The minimum atomic E-state index is -0.149. The molecular weight excluding hydrogens is 416 g/mol. The molecule has 3 aliphatic rings. The number of hydrogen-bond acceptors (Lipinski definition) is 5. The van der Waals surface area contributed by atoms with Crippen LogP contribution in [0.4, 0.5) is 5.69 Å². The summed E-state index contributed by atoms with van der Waals surface area (Å²) in [7, 11) is 0. The van der Waals surface area contributed by atoms with Crippen LogP contribution in [0.25, 0.3) is 10.4 Å². The van der Waals surface area contributed by atoms with Crippen LogP contribution in [0.1, 0.15) is 34.8 Å². The number of piperidine rings is 2. The maximum Gasteiger partial charge on any atom is 0.274 e. The average molecular weight is 439 g/mol. The van der Waals surface area contributed by atoms with Crippen LogP contribution in [0.2, 0.25) is 5.02 Å². The Morgan fingerprint density at radius 3 is 2.83 bits per heavy atom. The van der Waals surface area contributed by atoms with Crippen molar-refractivity contribution in [3.8, 4) is 10.4 Å². The number of carbonyl (C=O) groups excluding carboxylic acids is 1. The number of carbonyl (C=O) groups is 1. The van der Waals surface area contributed by atoms with Gasteiger partial charge in [-0.15, -0.1) is 11.3 Å². The Morgan fingerprint density at radius 2 is 2.10 bits per heavy atom. The SMILES string of the molecule is Cc1nc(C(=O)N2CCC3CC2(CNc2ccc(Cl)cc2)C3)c(-c2cccnc2)s1. The molecule has 3 aromatic rings. The van der Waals surface area contributed by atoms with Crippen LogP contribution in [-0.4, -0.2) is 39.4 Å². The summed E-state index contributed by atoms with van der Waals surface area (Å²) in [5.41, 5.74) is 2.38. The number of nitrogens with zero attached hydrogens (tertiary/aromatic N) is 3. The first-order valence-corrected chi connectivity index (χ1v) is 11.4. The average Bonchev–Trinajstić information content (AvgIpc) is 3.14. The van der Waals surface area contributed by atoms with Crippen LogP contribution < -0.4 is 5.32 Å². The smallest absolute Gasteiger partial charge is 0.274 e. The molecule has 2 aromatic heterocycles. The first kappa shape index (κ1) is 19.5. The van der Waals surface area contributed by atoms with E-state index in [2.05, 4.69) is 20.2 Å². The molecule has 4 heterocycles. The van der Waals surface area contributed by atoms with E-state index in [0.717, 1.165) is 64.4 Å². The molecule has 1 aromatic carbocycles. The highest BCUT2D eigenvalue weighted by molar-refractivity contribution is 7.15. The number of aryl methyl sites for hydroxylation is 1. The standard InChI is InChI=1S/C23H23ClN4OS/c1-15-27-20(21(30-15)17-3-2-9-25-13-17)22(29)28-10-8-16-11-23(28,12-16)14-26-19-6-4-18(24)5-7-19/h2-7,9,13,16,26H,8,10-12,14H2,1H3. The maximum absolute atomic E-state index is 13.7. The molecule has 1 N–H and O–H groups in total. The molecule has 1 saturated carbocycles.